The maximum absolute atomic E-state index is 13.9. The third-order valence-electron chi connectivity index (χ3n) is 8.04. The normalized spacial score (nSPS) is 21.6. The molecule has 19 heteroatoms. The average Bonchev–Trinajstić information content (AvgIpc) is 3.06. The van der Waals surface area contributed by atoms with E-state index in [1.165, 1.54) is 28.6 Å². The Kier molecular flexibility index (Phi) is 9.15. The average molecular weight is 701 g/mol. The van der Waals surface area contributed by atoms with Gasteiger partial charge in [-0.1, -0.05) is 54.8 Å². The van der Waals surface area contributed by atoms with Crippen LogP contribution in [0.25, 0.3) is 0 Å². The van der Waals surface area contributed by atoms with Crippen LogP contribution in [0.15, 0.2) is 51.2 Å². The summed E-state index contributed by atoms with van der Waals surface area (Å²) in [6.45, 7) is 3.73. The molecule has 2 fully saturated rings. The van der Waals surface area contributed by atoms with Gasteiger partial charge in [0.15, 0.2) is 5.82 Å². The van der Waals surface area contributed by atoms with E-state index in [0.717, 1.165) is 9.47 Å². The molecule has 2 saturated heterocycles. The number of carbonyl (C=O) groups is 5. The number of hydrogen-bond donors (Lipinski definition) is 4. The van der Waals surface area contributed by atoms with Crippen molar-refractivity contribution >= 4 is 75.8 Å². The molecule has 47 heavy (non-hydrogen) atoms. The van der Waals surface area contributed by atoms with Crippen LogP contribution in [0, 0.1) is 0 Å². The van der Waals surface area contributed by atoms with Gasteiger partial charge in [0.05, 0.1) is 4.86 Å². The molecule has 2 aromatic rings. The molecule has 3 aliphatic heterocycles. The molecule has 5 rings (SSSR count). The van der Waals surface area contributed by atoms with Gasteiger partial charge in [-0.05, 0) is 19.4 Å². The van der Waals surface area contributed by atoms with Crippen molar-refractivity contribution in [1.29, 1.82) is 0 Å². The number of aliphatic carboxylic acids is 1. The lowest BCUT2D eigenvalue weighted by atomic mass is 9.88. The summed E-state index contributed by atoms with van der Waals surface area (Å²) in [5.41, 5.74) is -2.92. The van der Waals surface area contributed by atoms with Crippen molar-refractivity contribution in [2.45, 2.75) is 30.8 Å². The number of piperazine rings is 1. The van der Waals surface area contributed by atoms with Gasteiger partial charge < -0.3 is 25.5 Å². The Morgan fingerprint density at radius 3 is 2.47 bits per heavy atom. The van der Waals surface area contributed by atoms with Crippen molar-refractivity contribution in [2.24, 2.45) is 7.05 Å². The third kappa shape index (κ3) is 5.74. The minimum absolute atomic E-state index is 0.0312. The molecule has 1 aromatic carbocycles. The van der Waals surface area contributed by atoms with E-state index < -0.39 is 57.8 Å². The Labute approximate surface area is 281 Å². The zero-order valence-corrected chi connectivity index (χ0v) is 27.6. The molecule has 1 unspecified atom stereocenters. The second-order valence-electron chi connectivity index (χ2n) is 10.9. The number of aromatic nitrogens is 3. The molecular weight excluding hydrogens is 673 g/mol. The number of imide groups is 1. The maximum atomic E-state index is 13.9. The molecule has 0 saturated carbocycles. The number of H-pyrrole nitrogens is 1. The first-order valence-electron chi connectivity index (χ1n) is 14.1. The van der Waals surface area contributed by atoms with Crippen LogP contribution in [-0.2, 0) is 26.2 Å². The zero-order chi connectivity index (χ0) is 34.4. The zero-order valence-electron chi connectivity index (χ0n) is 25.1. The Bertz CT molecular complexity index is 1890. The van der Waals surface area contributed by atoms with E-state index in [1.54, 1.807) is 44.2 Å². The van der Waals surface area contributed by atoms with Crippen molar-refractivity contribution < 1.29 is 29.1 Å². The van der Waals surface area contributed by atoms with Gasteiger partial charge in [0, 0.05) is 38.0 Å². The standard InChI is InChI=1S/C28H28N8O8S3/c1-4-34-10-11-35(23(41)22(34)40)27(44)29-15(13-8-6-5-7-9-13)19(37)30-28(2)25(46)36-16(24(42)43)14(12-47-26(28)36)17(45)18-31-32-20(38)21(39)33(18)3/h5-9,15,26H,4,10-12H2,1-3H3,(H,29,44)(H,30,37)(H,32,38)(H,42,43)/t15?,26-,28+/m0/s1. The second kappa shape index (κ2) is 12.8. The van der Waals surface area contributed by atoms with E-state index in [9.17, 15) is 38.7 Å². The fourth-order valence-electron chi connectivity index (χ4n) is 5.47. The highest BCUT2D eigenvalue weighted by molar-refractivity contribution is 8.00. The van der Waals surface area contributed by atoms with Gasteiger partial charge in [-0.15, -0.1) is 11.8 Å². The molecule has 16 nitrogen and oxygen atoms in total. The number of thiocarbonyl (C=S) groups is 2. The van der Waals surface area contributed by atoms with E-state index >= 15 is 0 Å². The lowest BCUT2D eigenvalue weighted by Gasteiger charge is -2.58. The summed E-state index contributed by atoms with van der Waals surface area (Å²) in [6.07, 6.45) is 0. The number of nitrogens with one attached hydrogen (secondary N) is 3. The molecule has 4 N–H and O–H groups in total. The molecule has 0 radical (unpaired) electrons. The number of benzene rings is 1. The van der Waals surface area contributed by atoms with Gasteiger partial charge in [0.1, 0.15) is 27.6 Å². The number of aromatic amines is 1. The van der Waals surface area contributed by atoms with Crippen LogP contribution in [0.5, 0.6) is 0 Å². The van der Waals surface area contributed by atoms with E-state index in [4.69, 9.17) is 24.4 Å². The van der Waals surface area contributed by atoms with Crippen LogP contribution in [0.4, 0.5) is 4.79 Å². The van der Waals surface area contributed by atoms with Gasteiger partial charge in [-0.25, -0.2) is 14.7 Å². The number of carboxylic acid groups (broad SMARTS) is 1. The number of likely N-dealkylation sites (N-methyl/N-ethyl adjacent to an activating group) is 1. The van der Waals surface area contributed by atoms with E-state index in [0.29, 0.717) is 12.1 Å². The van der Waals surface area contributed by atoms with Crippen LogP contribution in [0.1, 0.15) is 31.3 Å². The van der Waals surface area contributed by atoms with Gasteiger partial charge >= 0.3 is 34.9 Å². The minimum Gasteiger partial charge on any atom is -0.477 e. The molecular formula is C28H28N8O8S3. The lowest BCUT2D eigenvalue weighted by molar-refractivity contribution is -0.153. The quantitative estimate of drug-likeness (QED) is 0.152. The molecule has 0 spiro atoms. The van der Waals surface area contributed by atoms with Gasteiger partial charge in [-0.3, -0.25) is 33.4 Å². The number of thioether (sulfide) groups is 1. The largest absolute Gasteiger partial charge is 0.477 e. The van der Waals surface area contributed by atoms with Crippen LogP contribution in [-0.4, -0.2) is 110 Å². The minimum atomic E-state index is -1.37. The predicted octanol–water partition coefficient (Wildman–Crippen LogP) is -0.742. The predicted molar refractivity (Wildman–Crippen MR) is 175 cm³/mol. The SMILES string of the molecule is CCN1CCN(C(=O)NC(C(=O)N[C@]2(C)C(=S)N3C(C(=O)O)=C(C(=S)c4n[nH]c(=O)c(=O)n4C)CS[C@H]32)c2ccccc2)C(=O)C1=O. The molecule has 0 aliphatic carbocycles. The second-order valence-corrected chi connectivity index (χ2v) is 12.7. The highest BCUT2D eigenvalue weighted by Crippen LogP contribution is 2.47. The van der Waals surface area contributed by atoms with Gasteiger partial charge in [-0.2, -0.15) is 5.10 Å². The number of carboxylic acids is 1. The molecule has 1 aromatic heterocycles. The summed E-state index contributed by atoms with van der Waals surface area (Å²) >= 11 is 12.4. The summed E-state index contributed by atoms with van der Waals surface area (Å²) in [5, 5.41) is 20.8. The molecule has 4 heterocycles. The third-order valence-corrected chi connectivity index (χ3v) is 10.5. The smallest absolute Gasteiger partial charge is 0.352 e. The Hall–Kier alpha value is -4.75. The first kappa shape index (κ1) is 33.6. The van der Waals surface area contributed by atoms with Gasteiger partial charge in [0.25, 0.3) is 0 Å². The Balaban J connectivity index is 1.40. The van der Waals surface area contributed by atoms with E-state index in [2.05, 4.69) is 20.8 Å². The first-order chi connectivity index (χ1) is 22.2. The van der Waals surface area contributed by atoms with Crippen LogP contribution in [0.3, 0.4) is 0 Å². The van der Waals surface area contributed by atoms with E-state index in [1.807, 2.05) is 0 Å². The number of urea groups is 1. The number of nitrogens with zero attached hydrogens (tertiary/aromatic N) is 5. The monoisotopic (exact) mass is 700 g/mol. The van der Waals surface area contributed by atoms with Crippen LogP contribution >= 0.6 is 36.2 Å². The number of rotatable bonds is 8. The number of hydrogen-bond acceptors (Lipinski definition) is 11. The van der Waals surface area contributed by atoms with Crippen molar-refractivity contribution in [1.82, 2.24) is 40.1 Å². The summed E-state index contributed by atoms with van der Waals surface area (Å²) in [7, 11) is 1.29. The number of carbonyl (C=O) groups excluding carboxylic acids is 4. The number of amides is 5. The summed E-state index contributed by atoms with van der Waals surface area (Å²) < 4.78 is 0.925. The molecule has 246 valence electrons. The summed E-state index contributed by atoms with van der Waals surface area (Å²) in [6, 6.07) is 5.99. The summed E-state index contributed by atoms with van der Waals surface area (Å²) in [4.78, 5) is 92.0. The fraction of sp³-hybridized carbons (Fsp3) is 0.357. The molecule has 3 aliphatic rings. The van der Waals surface area contributed by atoms with Crippen molar-refractivity contribution in [3.63, 3.8) is 0 Å². The highest BCUT2D eigenvalue weighted by atomic mass is 32.2. The fourth-order valence-corrected chi connectivity index (χ4v) is 7.88. The number of fused-ring (bicyclic) bond motifs is 1. The van der Waals surface area contributed by atoms with Gasteiger partial charge in [0.2, 0.25) is 5.91 Å². The van der Waals surface area contributed by atoms with Crippen molar-refractivity contribution in [2.75, 3.05) is 25.4 Å². The van der Waals surface area contributed by atoms with Crippen molar-refractivity contribution in [3.8, 4) is 0 Å². The van der Waals surface area contributed by atoms with Crippen LogP contribution in [0.2, 0.25) is 0 Å². The highest BCUT2D eigenvalue weighted by Gasteiger charge is 2.60. The topological polar surface area (TPSA) is 207 Å². The molecule has 3 atom stereocenters. The Morgan fingerprint density at radius 2 is 1.83 bits per heavy atom. The maximum Gasteiger partial charge on any atom is 0.352 e. The Morgan fingerprint density at radius 1 is 1.15 bits per heavy atom. The van der Waals surface area contributed by atoms with Crippen molar-refractivity contribution in [3.05, 3.63) is 73.7 Å². The lowest BCUT2D eigenvalue weighted by Crippen LogP contribution is -2.78. The molecule has 0 bridgehead atoms. The van der Waals surface area contributed by atoms with Crippen LogP contribution < -0.4 is 21.8 Å². The van der Waals surface area contributed by atoms with E-state index in [-0.39, 0.29) is 45.8 Å². The summed E-state index contributed by atoms with van der Waals surface area (Å²) in [5.74, 6) is -3.98. The molecule has 5 amide bonds. The first-order valence-corrected chi connectivity index (χ1v) is 16.0.